The molecule has 4 nitrogen and oxygen atoms in total. The largest absolute Gasteiger partial charge is 0.462 e. The van der Waals surface area contributed by atoms with Gasteiger partial charge in [-0.2, -0.15) is 5.10 Å². The summed E-state index contributed by atoms with van der Waals surface area (Å²) < 4.78 is 7.63. The zero-order chi connectivity index (χ0) is 15.8. The minimum atomic E-state index is 0.828. The summed E-state index contributed by atoms with van der Waals surface area (Å²) in [6, 6.07) is 12.3. The van der Waals surface area contributed by atoms with Crippen molar-refractivity contribution in [3.63, 3.8) is 0 Å². The molecule has 0 atom stereocenters. The molecule has 3 heterocycles. The molecule has 0 N–H and O–H groups in total. The second-order valence-corrected chi connectivity index (χ2v) is 5.62. The average molecular weight is 303 g/mol. The summed E-state index contributed by atoms with van der Waals surface area (Å²) in [5, 5.41) is 4.28. The molecule has 0 aliphatic carbocycles. The molecule has 3 aromatic heterocycles. The fraction of sp³-hybridized carbons (Fsp3) is 0.158. The highest BCUT2D eigenvalue weighted by Gasteiger charge is 2.16. The number of nitrogens with zero attached hydrogens (tertiary/aromatic N) is 3. The Morgan fingerprint density at radius 1 is 1.13 bits per heavy atom. The quantitative estimate of drug-likeness (QED) is 0.561. The van der Waals surface area contributed by atoms with Gasteiger partial charge in [-0.15, -0.1) is 0 Å². The molecule has 0 amide bonds. The van der Waals surface area contributed by atoms with Gasteiger partial charge in [-0.05, 0) is 12.5 Å². The highest BCUT2D eigenvalue weighted by molar-refractivity contribution is 5.94. The molecular formula is C19H17N3O. The Morgan fingerprint density at radius 2 is 1.96 bits per heavy atom. The normalized spacial score (nSPS) is 11.2. The zero-order valence-electron chi connectivity index (χ0n) is 13.2. The molecule has 0 saturated carbocycles. The number of aromatic nitrogens is 3. The number of benzene rings is 1. The lowest BCUT2D eigenvalue weighted by Crippen LogP contribution is -1.89. The predicted molar refractivity (Wildman–Crippen MR) is 91.0 cm³/mol. The highest BCUT2D eigenvalue weighted by atomic mass is 16.3. The van der Waals surface area contributed by atoms with Crippen molar-refractivity contribution in [3.8, 4) is 22.4 Å². The van der Waals surface area contributed by atoms with Gasteiger partial charge in [-0.1, -0.05) is 37.3 Å². The van der Waals surface area contributed by atoms with Crippen molar-refractivity contribution in [2.24, 2.45) is 7.05 Å². The molecule has 0 unspecified atom stereocenters. The molecule has 114 valence electrons. The molecule has 0 aliphatic heterocycles. The Balaban J connectivity index is 2.02. The van der Waals surface area contributed by atoms with Crippen LogP contribution in [-0.2, 0) is 13.5 Å². The maximum atomic E-state index is 5.83. The second-order valence-electron chi connectivity index (χ2n) is 5.62. The average Bonchev–Trinajstić information content (AvgIpc) is 3.20. The molecule has 0 bridgehead atoms. The maximum Gasteiger partial charge on any atom is 0.160 e. The summed E-state index contributed by atoms with van der Waals surface area (Å²) in [4.78, 5) is 4.85. The smallest absolute Gasteiger partial charge is 0.160 e. The van der Waals surface area contributed by atoms with Crippen LogP contribution < -0.4 is 0 Å². The van der Waals surface area contributed by atoms with Crippen LogP contribution in [0.1, 0.15) is 12.5 Å². The minimum Gasteiger partial charge on any atom is -0.462 e. The van der Waals surface area contributed by atoms with Crippen molar-refractivity contribution in [1.29, 1.82) is 0 Å². The van der Waals surface area contributed by atoms with E-state index in [1.54, 1.807) is 4.68 Å². The lowest BCUT2D eigenvalue weighted by atomic mass is 10.0. The first-order chi connectivity index (χ1) is 11.3. The summed E-state index contributed by atoms with van der Waals surface area (Å²) in [5.74, 6) is 0. The van der Waals surface area contributed by atoms with Gasteiger partial charge in [0, 0.05) is 35.5 Å². The van der Waals surface area contributed by atoms with E-state index in [1.165, 1.54) is 0 Å². The fourth-order valence-corrected chi connectivity index (χ4v) is 2.84. The summed E-state index contributed by atoms with van der Waals surface area (Å²) >= 11 is 0. The van der Waals surface area contributed by atoms with Gasteiger partial charge in [-0.25, -0.2) is 4.98 Å². The van der Waals surface area contributed by atoms with Gasteiger partial charge in [0.05, 0.1) is 18.2 Å². The van der Waals surface area contributed by atoms with Gasteiger partial charge in [0.1, 0.15) is 5.52 Å². The Labute approximate surface area is 134 Å². The van der Waals surface area contributed by atoms with E-state index in [0.29, 0.717) is 0 Å². The Morgan fingerprint density at radius 3 is 2.65 bits per heavy atom. The number of furan rings is 1. The topological polar surface area (TPSA) is 43.9 Å². The molecular weight excluding hydrogens is 286 g/mol. The van der Waals surface area contributed by atoms with Crippen molar-refractivity contribution >= 4 is 11.1 Å². The maximum absolute atomic E-state index is 5.83. The van der Waals surface area contributed by atoms with E-state index in [2.05, 4.69) is 30.2 Å². The van der Waals surface area contributed by atoms with Crippen LogP contribution in [-0.4, -0.2) is 14.8 Å². The summed E-state index contributed by atoms with van der Waals surface area (Å²) in [6.07, 6.45) is 6.56. The van der Waals surface area contributed by atoms with Gasteiger partial charge in [0.25, 0.3) is 0 Å². The number of pyridine rings is 1. The molecule has 4 heteroatoms. The van der Waals surface area contributed by atoms with Gasteiger partial charge in [-0.3, -0.25) is 4.68 Å². The van der Waals surface area contributed by atoms with Gasteiger partial charge in [0.2, 0.25) is 0 Å². The van der Waals surface area contributed by atoms with E-state index in [-0.39, 0.29) is 0 Å². The molecule has 1 aromatic carbocycles. The van der Waals surface area contributed by atoms with E-state index in [1.807, 2.05) is 43.9 Å². The van der Waals surface area contributed by atoms with Gasteiger partial charge in [0.15, 0.2) is 5.58 Å². The van der Waals surface area contributed by atoms with Gasteiger partial charge < -0.3 is 4.42 Å². The predicted octanol–water partition coefficient (Wildman–Crippen LogP) is 4.46. The van der Waals surface area contributed by atoms with Crippen LogP contribution in [0.3, 0.4) is 0 Å². The Hall–Kier alpha value is -2.88. The van der Waals surface area contributed by atoms with E-state index in [0.717, 1.165) is 45.5 Å². The van der Waals surface area contributed by atoms with Crippen molar-refractivity contribution in [2.45, 2.75) is 13.3 Å². The summed E-state index contributed by atoms with van der Waals surface area (Å²) in [6.45, 7) is 2.12. The third-order valence-corrected chi connectivity index (χ3v) is 4.06. The first kappa shape index (κ1) is 13.8. The molecule has 23 heavy (non-hydrogen) atoms. The van der Waals surface area contributed by atoms with Crippen molar-refractivity contribution < 1.29 is 4.42 Å². The Bertz CT molecular complexity index is 967. The number of fused-ring (bicyclic) bond motifs is 1. The van der Waals surface area contributed by atoms with Gasteiger partial charge >= 0.3 is 0 Å². The summed E-state index contributed by atoms with van der Waals surface area (Å²) in [5.41, 5.74) is 7.01. The van der Waals surface area contributed by atoms with E-state index in [4.69, 9.17) is 9.40 Å². The molecule has 0 aliphatic rings. The number of rotatable bonds is 3. The first-order valence-corrected chi connectivity index (χ1v) is 7.72. The van der Waals surface area contributed by atoms with Crippen molar-refractivity contribution in [1.82, 2.24) is 14.8 Å². The van der Waals surface area contributed by atoms with Crippen LogP contribution in [0.15, 0.2) is 59.5 Å². The third-order valence-electron chi connectivity index (χ3n) is 4.06. The SMILES string of the molecule is CCc1coc2c(-c3cnn(C)c3)cc(-c3ccccc3)nc12. The fourth-order valence-electron chi connectivity index (χ4n) is 2.84. The van der Waals surface area contributed by atoms with Crippen LogP contribution >= 0.6 is 0 Å². The third kappa shape index (κ3) is 2.32. The lowest BCUT2D eigenvalue weighted by Gasteiger charge is -2.06. The van der Waals surface area contributed by atoms with E-state index < -0.39 is 0 Å². The molecule has 0 radical (unpaired) electrons. The standard InChI is InChI=1S/C19H17N3O/c1-3-13-12-23-19-16(15-10-20-22(2)11-15)9-17(21-18(13)19)14-7-5-4-6-8-14/h4-12H,3H2,1-2H3. The molecule has 4 rings (SSSR count). The van der Waals surface area contributed by atoms with Crippen LogP contribution in [0.4, 0.5) is 0 Å². The van der Waals surface area contributed by atoms with Crippen LogP contribution in [0.5, 0.6) is 0 Å². The number of hydrogen-bond acceptors (Lipinski definition) is 3. The van der Waals surface area contributed by atoms with E-state index >= 15 is 0 Å². The van der Waals surface area contributed by atoms with Crippen molar-refractivity contribution in [3.05, 3.63) is 60.6 Å². The summed E-state index contributed by atoms with van der Waals surface area (Å²) in [7, 11) is 1.92. The number of hydrogen-bond donors (Lipinski definition) is 0. The second kappa shape index (κ2) is 5.39. The highest BCUT2D eigenvalue weighted by Crippen LogP contribution is 2.34. The van der Waals surface area contributed by atoms with Crippen LogP contribution in [0.2, 0.25) is 0 Å². The molecule has 0 spiro atoms. The zero-order valence-corrected chi connectivity index (χ0v) is 13.2. The monoisotopic (exact) mass is 303 g/mol. The van der Waals surface area contributed by atoms with Crippen LogP contribution in [0.25, 0.3) is 33.5 Å². The number of aryl methyl sites for hydroxylation is 2. The Kier molecular flexibility index (Phi) is 3.23. The minimum absolute atomic E-state index is 0.828. The lowest BCUT2D eigenvalue weighted by molar-refractivity contribution is 0.612. The van der Waals surface area contributed by atoms with Crippen LogP contribution in [0, 0.1) is 0 Å². The molecule has 4 aromatic rings. The molecule has 0 saturated heterocycles. The van der Waals surface area contributed by atoms with Crippen molar-refractivity contribution in [2.75, 3.05) is 0 Å². The van der Waals surface area contributed by atoms with E-state index in [9.17, 15) is 0 Å². The first-order valence-electron chi connectivity index (χ1n) is 7.72. The molecule has 0 fully saturated rings.